The molecule has 0 saturated carbocycles. The molecular formula is C7H10N2O3. The van der Waals surface area contributed by atoms with E-state index in [9.17, 15) is 4.79 Å². The van der Waals surface area contributed by atoms with Gasteiger partial charge in [-0.15, -0.1) is 0 Å². The van der Waals surface area contributed by atoms with Crippen LogP contribution in [-0.2, 0) is 4.74 Å². The molecule has 12 heavy (non-hydrogen) atoms. The highest BCUT2D eigenvalue weighted by molar-refractivity contribution is 5.08. The Morgan fingerprint density at radius 2 is 2.50 bits per heavy atom. The van der Waals surface area contributed by atoms with Crippen molar-refractivity contribution in [2.75, 3.05) is 19.8 Å². The van der Waals surface area contributed by atoms with Gasteiger partial charge in [0.05, 0.1) is 24.8 Å². The molecule has 2 N–H and O–H groups in total. The predicted molar refractivity (Wildman–Crippen MR) is 40.9 cm³/mol. The van der Waals surface area contributed by atoms with Crippen molar-refractivity contribution >= 4 is 0 Å². The Hall–Kier alpha value is -1.07. The van der Waals surface area contributed by atoms with E-state index < -0.39 is 0 Å². The number of rotatable bonds is 1. The highest BCUT2D eigenvalue weighted by atomic mass is 16.5. The van der Waals surface area contributed by atoms with Crippen LogP contribution in [0.2, 0.25) is 0 Å². The van der Waals surface area contributed by atoms with Crippen molar-refractivity contribution in [1.82, 2.24) is 10.5 Å². The van der Waals surface area contributed by atoms with Crippen LogP contribution in [0, 0.1) is 0 Å². The molecular weight excluding hydrogens is 160 g/mol. The van der Waals surface area contributed by atoms with E-state index in [-0.39, 0.29) is 11.6 Å². The van der Waals surface area contributed by atoms with Gasteiger partial charge in [0.2, 0.25) is 0 Å². The molecule has 0 radical (unpaired) electrons. The van der Waals surface area contributed by atoms with Crippen LogP contribution in [0.4, 0.5) is 0 Å². The Kier molecular flexibility index (Phi) is 1.97. The molecule has 1 aliphatic heterocycles. The van der Waals surface area contributed by atoms with Crippen LogP contribution in [0.15, 0.2) is 15.6 Å². The summed E-state index contributed by atoms with van der Waals surface area (Å²) in [5.41, 5.74) is 0.424. The van der Waals surface area contributed by atoms with Crippen LogP contribution in [-0.4, -0.2) is 24.9 Å². The average Bonchev–Trinajstić information content (AvgIpc) is 2.53. The summed E-state index contributed by atoms with van der Waals surface area (Å²) >= 11 is 0. The monoisotopic (exact) mass is 170 g/mol. The molecule has 1 unspecified atom stereocenters. The summed E-state index contributed by atoms with van der Waals surface area (Å²) < 4.78 is 9.87. The van der Waals surface area contributed by atoms with Crippen molar-refractivity contribution in [1.29, 1.82) is 0 Å². The zero-order valence-electron chi connectivity index (χ0n) is 6.50. The van der Waals surface area contributed by atoms with Crippen LogP contribution < -0.4 is 10.9 Å². The minimum Gasteiger partial charge on any atom is -0.387 e. The quantitative estimate of drug-likeness (QED) is 0.603. The molecule has 5 nitrogen and oxygen atoms in total. The molecule has 1 aromatic heterocycles. The molecule has 1 saturated heterocycles. The van der Waals surface area contributed by atoms with E-state index in [0.29, 0.717) is 18.8 Å². The van der Waals surface area contributed by atoms with E-state index >= 15 is 0 Å². The third-order valence-electron chi connectivity index (χ3n) is 1.90. The van der Waals surface area contributed by atoms with Gasteiger partial charge in [-0.25, -0.2) is 0 Å². The highest BCUT2D eigenvalue weighted by Crippen LogP contribution is 2.10. The van der Waals surface area contributed by atoms with E-state index in [1.165, 1.54) is 6.26 Å². The van der Waals surface area contributed by atoms with Crippen molar-refractivity contribution < 1.29 is 9.26 Å². The van der Waals surface area contributed by atoms with E-state index in [2.05, 4.69) is 15.0 Å². The largest absolute Gasteiger partial charge is 0.387 e. The number of aromatic amines is 1. The lowest BCUT2D eigenvalue weighted by Gasteiger charge is -2.21. The van der Waals surface area contributed by atoms with Crippen molar-refractivity contribution in [2.45, 2.75) is 6.04 Å². The van der Waals surface area contributed by atoms with Crippen LogP contribution >= 0.6 is 0 Å². The van der Waals surface area contributed by atoms with Gasteiger partial charge in [0.15, 0.2) is 0 Å². The van der Waals surface area contributed by atoms with Gasteiger partial charge in [-0.1, -0.05) is 0 Å². The molecule has 0 bridgehead atoms. The maximum atomic E-state index is 11.1. The number of H-pyrrole nitrogens is 1. The van der Waals surface area contributed by atoms with Gasteiger partial charge in [-0.2, -0.15) is 5.16 Å². The van der Waals surface area contributed by atoms with Gasteiger partial charge in [0.1, 0.15) is 6.26 Å². The molecule has 0 aliphatic carbocycles. The smallest absolute Gasteiger partial charge is 0.284 e. The second-order valence-electron chi connectivity index (χ2n) is 2.70. The number of aromatic nitrogens is 1. The third kappa shape index (κ3) is 1.28. The van der Waals surface area contributed by atoms with E-state index in [4.69, 9.17) is 4.74 Å². The fourth-order valence-corrected chi connectivity index (χ4v) is 1.26. The second kappa shape index (κ2) is 3.12. The summed E-state index contributed by atoms with van der Waals surface area (Å²) in [6, 6.07) is -0.0266. The highest BCUT2D eigenvalue weighted by Gasteiger charge is 2.19. The average molecular weight is 170 g/mol. The Morgan fingerprint density at radius 3 is 3.08 bits per heavy atom. The van der Waals surface area contributed by atoms with Gasteiger partial charge < -0.3 is 14.6 Å². The molecule has 66 valence electrons. The molecule has 1 aromatic rings. The fourth-order valence-electron chi connectivity index (χ4n) is 1.26. The first-order chi connectivity index (χ1) is 5.88. The molecule has 0 spiro atoms. The van der Waals surface area contributed by atoms with Crippen LogP contribution in [0.3, 0.4) is 0 Å². The van der Waals surface area contributed by atoms with Gasteiger partial charge >= 0.3 is 0 Å². The third-order valence-corrected chi connectivity index (χ3v) is 1.90. The summed E-state index contributed by atoms with van der Waals surface area (Å²) in [5.74, 6) is 0. The van der Waals surface area contributed by atoms with Crippen LogP contribution in [0.25, 0.3) is 0 Å². The number of ether oxygens (including phenoxy) is 1. The Bertz CT molecular complexity index is 298. The zero-order valence-corrected chi connectivity index (χ0v) is 6.50. The molecule has 0 amide bonds. The minimum atomic E-state index is -0.182. The molecule has 2 rings (SSSR count). The number of morpholine rings is 1. The zero-order chi connectivity index (χ0) is 8.39. The number of nitrogens with one attached hydrogen (secondary N) is 2. The molecule has 1 aliphatic rings. The van der Waals surface area contributed by atoms with Crippen molar-refractivity contribution in [2.24, 2.45) is 0 Å². The first-order valence-corrected chi connectivity index (χ1v) is 3.85. The maximum absolute atomic E-state index is 11.1. The lowest BCUT2D eigenvalue weighted by Crippen LogP contribution is -2.36. The molecule has 1 atom stereocenters. The second-order valence-corrected chi connectivity index (χ2v) is 2.70. The molecule has 1 fully saturated rings. The Labute approximate surface area is 68.7 Å². The Balaban J connectivity index is 2.18. The summed E-state index contributed by atoms with van der Waals surface area (Å²) in [6.45, 7) is 2.00. The number of hydrogen-bond donors (Lipinski definition) is 2. The molecule has 2 heterocycles. The molecule has 5 heteroatoms. The maximum Gasteiger partial charge on any atom is 0.284 e. The predicted octanol–water partition coefficient (Wildman–Crippen LogP) is -0.371. The number of hydrogen-bond acceptors (Lipinski definition) is 4. The van der Waals surface area contributed by atoms with E-state index in [1.807, 2.05) is 0 Å². The van der Waals surface area contributed by atoms with E-state index in [0.717, 1.165) is 6.54 Å². The summed E-state index contributed by atoms with van der Waals surface area (Å²) in [6.07, 6.45) is 1.43. The first kappa shape index (κ1) is 7.57. The summed E-state index contributed by atoms with van der Waals surface area (Å²) in [7, 11) is 0. The van der Waals surface area contributed by atoms with Gasteiger partial charge in [-0.3, -0.25) is 4.79 Å². The standard InChI is InChI=1S/C7H10N2O3/c10-7-5(3-12-9-7)6-4-11-2-1-8-6/h3,6,8H,1-2,4H2,(H,9,10). The SMILES string of the molecule is O=c1[nH]occ1C1COCCN1. The van der Waals surface area contributed by atoms with Crippen LogP contribution in [0.5, 0.6) is 0 Å². The topological polar surface area (TPSA) is 67.3 Å². The Morgan fingerprint density at radius 1 is 1.58 bits per heavy atom. The lowest BCUT2D eigenvalue weighted by atomic mass is 10.1. The van der Waals surface area contributed by atoms with E-state index in [1.54, 1.807) is 0 Å². The van der Waals surface area contributed by atoms with Crippen molar-refractivity contribution in [3.05, 3.63) is 22.2 Å². The van der Waals surface area contributed by atoms with Gasteiger partial charge in [-0.05, 0) is 0 Å². The van der Waals surface area contributed by atoms with Gasteiger partial charge in [0.25, 0.3) is 5.56 Å². The van der Waals surface area contributed by atoms with Gasteiger partial charge in [0, 0.05) is 6.54 Å². The first-order valence-electron chi connectivity index (χ1n) is 3.85. The lowest BCUT2D eigenvalue weighted by molar-refractivity contribution is 0.0764. The summed E-state index contributed by atoms with van der Waals surface area (Å²) in [4.78, 5) is 11.1. The van der Waals surface area contributed by atoms with Crippen LogP contribution in [0.1, 0.15) is 11.6 Å². The van der Waals surface area contributed by atoms with Crippen molar-refractivity contribution in [3.8, 4) is 0 Å². The summed E-state index contributed by atoms with van der Waals surface area (Å²) in [5, 5.41) is 5.40. The normalized spacial score (nSPS) is 24.2. The molecule has 0 aromatic carbocycles. The minimum absolute atomic E-state index is 0.0266. The fraction of sp³-hybridized carbons (Fsp3) is 0.571. The van der Waals surface area contributed by atoms with Crippen molar-refractivity contribution in [3.63, 3.8) is 0 Å².